The number of likely N-dealkylation sites (tertiary alicyclic amines) is 1. The number of carbonyl (C=O) groups excluding carboxylic acids is 3. The Hall–Kier alpha value is -1.43. The third-order valence-electron chi connectivity index (χ3n) is 3.23. The maximum absolute atomic E-state index is 11.8. The Labute approximate surface area is 120 Å². The van der Waals surface area contributed by atoms with Gasteiger partial charge in [0, 0.05) is 38.9 Å². The second-order valence-electron chi connectivity index (χ2n) is 6.37. The van der Waals surface area contributed by atoms with Gasteiger partial charge in [-0.2, -0.15) is 0 Å². The number of nitrogens with zero attached hydrogens (tertiary/aromatic N) is 2. The zero-order chi connectivity index (χ0) is 15.3. The van der Waals surface area contributed by atoms with Crippen LogP contribution in [0.3, 0.4) is 0 Å². The molecule has 1 aliphatic rings. The van der Waals surface area contributed by atoms with Gasteiger partial charge in [-0.1, -0.05) is 13.8 Å². The average molecular weight is 283 g/mol. The third-order valence-corrected chi connectivity index (χ3v) is 3.23. The monoisotopic (exact) mass is 283 g/mol. The van der Waals surface area contributed by atoms with Crippen LogP contribution in [0.25, 0.3) is 0 Å². The van der Waals surface area contributed by atoms with Gasteiger partial charge < -0.3 is 10.2 Å². The van der Waals surface area contributed by atoms with Crippen LogP contribution < -0.4 is 5.32 Å². The first kappa shape index (κ1) is 16.6. The summed E-state index contributed by atoms with van der Waals surface area (Å²) in [6, 6.07) is 0. The lowest BCUT2D eigenvalue weighted by atomic mass is 9.93. The molecule has 3 amide bonds. The molecule has 114 valence electrons. The summed E-state index contributed by atoms with van der Waals surface area (Å²) in [6.07, 6.45) is 0.724. The van der Waals surface area contributed by atoms with Crippen LogP contribution in [0.4, 0.5) is 0 Å². The molecule has 1 rings (SSSR count). The first-order valence-electron chi connectivity index (χ1n) is 6.96. The highest BCUT2D eigenvalue weighted by Crippen LogP contribution is 2.14. The SMILES string of the molecule is CN(C)CC(C)(C)CNC(=O)CCN1C(=O)CCC1=O. The maximum atomic E-state index is 11.8. The van der Waals surface area contributed by atoms with Crippen LogP contribution in [0.5, 0.6) is 0 Å². The Morgan fingerprint density at radius 3 is 2.30 bits per heavy atom. The lowest BCUT2D eigenvalue weighted by Gasteiger charge is -2.28. The predicted molar refractivity (Wildman–Crippen MR) is 75.9 cm³/mol. The van der Waals surface area contributed by atoms with Crippen molar-refractivity contribution in [2.24, 2.45) is 5.41 Å². The molecular weight excluding hydrogens is 258 g/mol. The molecule has 0 atom stereocenters. The van der Waals surface area contributed by atoms with Crippen molar-refractivity contribution in [2.45, 2.75) is 33.1 Å². The highest BCUT2D eigenvalue weighted by Gasteiger charge is 2.29. The van der Waals surface area contributed by atoms with Gasteiger partial charge in [0.1, 0.15) is 0 Å². The van der Waals surface area contributed by atoms with Gasteiger partial charge in [-0.25, -0.2) is 0 Å². The molecule has 1 heterocycles. The summed E-state index contributed by atoms with van der Waals surface area (Å²) in [6.45, 7) is 5.81. The van der Waals surface area contributed by atoms with Crippen molar-refractivity contribution in [2.75, 3.05) is 33.7 Å². The Morgan fingerprint density at radius 1 is 1.25 bits per heavy atom. The minimum Gasteiger partial charge on any atom is -0.355 e. The van der Waals surface area contributed by atoms with Crippen LogP contribution in [0.15, 0.2) is 0 Å². The van der Waals surface area contributed by atoms with E-state index in [0.717, 1.165) is 6.54 Å². The van der Waals surface area contributed by atoms with Crippen LogP contribution in [-0.2, 0) is 14.4 Å². The van der Waals surface area contributed by atoms with Gasteiger partial charge in [0.15, 0.2) is 0 Å². The van der Waals surface area contributed by atoms with Gasteiger partial charge in [-0.05, 0) is 19.5 Å². The summed E-state index contributed by atoms with van der Waals surface area (Å²) in [5.41, 5.74) is -0.0154. The van der Waals surface area contributed by atoms with E-state index in [-0.39, 0.29) is 48.9 Å². The number of hydrogen-bond acceptors (Lipinski definition) is 4. The minimum absolute atomic E-state index is 0.0154. The number of carbonyl (C=O) groups is 3. The standard InChI is InChI=1S/C14H25N3O3/c1-14(2,10-16(3)4)9-15-11(18)7-8-17-12(19)5-6-13(17)20/h5-10H2,1-4H3,(H,15,18). The van der Waals surface area contributed by atoms with Gasteiger partial charge in [0.2, 0.25) is 17.7 Å². The van der Waals surface area contributed by atoms with E-state index in [1.54, 1.807) is 0 Å². The first-order chi connectivity index (χ1) is 9.21. The molecule has 20 heavy (non-hydrogen) atoms. The molecule has 0 saturated carbocycles. The lowest BCUT2D eigenvalue weighted by molar-refractivity contribution is -0.138. The fourth-order valence-electron chi connectivity index (χ4n) is 2.42. The molecule has 1 aliphatic heterocycles. The zero-order valence-corrected chi connectivity index (χ0v) is 12.9. The van der Waals surface area contributed by atoms with Crippen molar-refractivity contribution in [1.82, 2.24) is 15.1 Å². The van der Waals surface area contributed by atoms with Gasteiger partial charge in [-0.15, -0.1) is 0 Å². The smallest absolute Gasteiger partial charge is 0.229 e. The molecule has 0 aromatic rings. The summed E-state index contributed by atoms with van der Waals surface area (Å²) in [5.74, 6) is -0.462. The largest absolute Gasteiger partial charge is 0.355 e. The Kier molecular flexibility index (Phi) is 5.68. The summed E-state index contributed by atoms with van der Waals surface area (Å²) in [7, 11) is 3.99. The fourth-order valence-corrected chi connectivity index (χ4v) is 2.42. The van der Waals surface area contributed by atoms with E-state index in [9.17, 15) is 14.4 Å². The van der Waals surface area contributed by atoms with Crippen molar-refractivity contribution in [1.29, 1.82) is 0 Å². The zero-order valence-electron chi connectivity index (χ0n) is 12.9. The quantitative estimate of drug-likeness (QED) is 0.679. The minimum atomic E-state index is -0.171. The number of rotatable bonds is 7. The molecule has 0 bridgehead atoms. The summed E-state index contributed by atoms with van der Waals surface area (Å²) >= 11 is 0. The van der Waals surface area contributed by atoms with E-state index in [0.29, 0.717) is 6.54 Å². The number of imide groups is 1. The van der Waals surface area contributed by atoms with E-state index >= 15 is 0 Å². The highest BCUT2D eigenvalue weighted by molar-refractivity contribution is 6.02. The fraction of sp³-hybridized carbons (Fsp3) is 0.786. The van der Waals surface area contributed by atoms with Gasteiger partial charge in [0.05, 0.1) is 0 Å². The van der Waals surface area contributed by atoms with Crippen molar-refractivity contribution in [3.05, 3.63) is 0 Å². The van der Waals surface area contributed by atoms with Crippen molar-refractivity contribution in [3.63, 3.8) is 0 Å². The molecule has 1 saturated heterocycles. The van der Waals surface area contributed by atoms with E-state index in [2.05, 4.69) is 24.1 Å². The highest BCUT2D eigenvalue weighted by atomic mass is 16.2. The van der Waals surface area contributed by atoms with E-state index in [1.165, 1.54) is 4.90 Å². The molecule has 6 nitrogen and oxygen atoms in total. The number of nitrogens with one attached hydrogen (secondary N) is 1. The second kappa shape index (κ2) is 6.83. The predicted octanol–water partition coefficient (Wildman–Crippen LogP) is 0.230. The van der Waals surface area contributed by atoms with Gasteiger partial charge >= 0.3 is 0 Å². The molecule has 0 aliphatic carbocycles. The Bertz CT molecular complexity index is 375. The molecule has 0 spiro atoms. The molecule has 0 aromatic carbocycles. The van der Waals surface area contributed by atoms with Crippen LogP contribution in [0, 0.1) is 5.41 Å². The Balaban J connectivity index is 2.30. The third kappa shape index (κ3) is 5.28. The van der Waals surface area contributed by atoms with E-state index in [1.807, 2.05) is 14.1 Å². The number of hydrogen-bond donors (Lipinski definition) is 1. The molecular formula is C14H25N3O3. The second-order valence-corrected chi connectivity index (χ2v) is 6.37. The molecule has 0 aromatic heterocycles. The molecule has 6 heteroatoms. The first-order valence-corrected chi connectivity index (χ1v) is 6.96. The normalized spacial score (nSPS) is 16.1. The maximum Gasteiger partial charge on any atom is 0.229 e. The Morgan fingerprint density at radius 2 is 1.80 bits per heavy atom. The van der Waals surface area contributed by atoms with Gasteiger partial charge in [0.25, 0.3) is 0 Å². The molecule has 0 radical (unpaired) electrons. The van der Waals surface area contributed by atoms with Crippen molar-refractivity contribution >= 4 is 17.7 Å². The van der Waals surface area contributed by atoms with Gasteiger partial charge in [-0.3, -0.25) is 19.3 Å². The molecule has 1 N–H and O–H groups in total. The summed E-state index contributed by atoms with van der Waals surface area (Å²) in [4.78, 5) is 37.8. The van der Waals surface area contributed by atoms with Crippen molar-refractivity contribution < 1.29 is 14.4 Å². The van der Waals surface area contributed by atoms with Crippen LogP contribution in [0.2, 0.25) is 0 Å². The summed E-state index contributed by atoms with van der Waals surface area (Å²) in [5, 5.41) is 2.87. The van der Waals surface area contributed by atoms with Crippen LogP contribution in [-0.4, -0.2) is 61.3 Å². The van der Waals surface area contributed by atoms with Crippen molar-refractivity contribution in [3.8, 4) is 0 Å². The van der Waals surface area contributed by atoms with E-state index in [4.69, 9.17) is 0 Å². The van der Waals surface area contributed by atoms with E-state index < -0.39 is 0 Å². The van der Waals surface area contributed by atoms with Crippen LogP contribution in [0.1, 0.15) is 33.1 Å². The topological polar surface area (TPSA) is 69.7 Å². The van der Waals surface area contributed by atoms with Crippen LogP contribution >= 0.6 is 0 Å². The number of amides is 3. The summed E-state index contributed by atoms with van der Waals surface area (Å²) < 4.78 is 0. The molecule has 1 fully saturated rings. The molecule has 0 unspecified atom stereocenters. The average Bonchev–Trinajstić information content (AvgIpc) is 2.62. The lowest BCUT2D eigenvalue weighted by Crippen LogP contribution is -2.41.